The van der Waals surface area contributed by atoms with Crippen molar-refractivity contribution in [1.82, 2.24) is 10.3 Å². The van der Waals surface area contributed by atoms with Crippen LogP contribution in [0.25, 0.3) is 11.1 Å². The Kier molecular flexibility index (Phi) is 4.62. The van der Waals surface area contributed by atoms with Gasteiger partial charge in [0.05, 0.1) is 5.56 Å². The number of carbonyl (C=O) groups is 1. The normalized spacial score (nSPS) is 12.2. The molecule has 0 radical (unpaired) electrons. The molecule has 6 nitrogen and oxygen atoms in total. The molecule has 0 aliphatic heterocycles. The van der Waals surface area contributed by atoms with Crippen LogP contribution in [0.1, 0.15) is 17.6 Å². The lowest BCUT2D eigenvalue weighted by molar-refractivity contribution is 0.166. The zero-order valence-electron chi connectivity index (χ0n) is 13.2. The van der Waals surface area contributed by atoms with Crippen molar-refractivity contribution < 1.29 is 23.1 Å². The summed E-state index contributed by atoms with van der Waals surface area (Å²) in [7, 11) is 0. The van der Waals surface area contributed by atoms with E-state index >= 15 is 0 Å². The van der Waals surface area contributed by atoms with Crippen LogP contribution in [0.3, 0.4) is 0 Å². The summed E-state index contributed by atoms with van der Waals surface area (Å²) < 4.78 is 32.5. The molecule has 0 aliphatic carbocycles. The van der Waals surface area contributed by atoms with E-state index in [2.05, 4.69) is 15.6 Å². The van der Waals surface area contributed by atoms with Gasteiger partial charge in [-0.1, -0.05) is 6.07 Å². The molecule has 1 heterocycles. The largest absolute Gasteiger partial charge is 0.441 e. The Balaban J connectivity index is 1.62. The molecule has 0 saturated carbocycles. The maximum absolute atomic E-state index is 13.6. The number of aromatic nitrogens is 1. The number of nitrogens with one attached hydrogen (secondary N) is 2. The topological polar surface area (TPSA) is 87.4 Å². The van der Waals surface area contributed by atoms with Crippen LogP contribution in [0.15, 0.2) is 40.8 Å². The predicted octanol–water partition coefficient (Wildman–Crippen LogP) is 3.27. The molecule has 3 aromatic rings. The zero-order valence-corrected chi connectivity index (χ0v) is 13.2. The molecule has 3 rings (SSSR count). The lowest BCUT2D eigenvalue weighted by Gasteiger charge is -2.14. The highest BCUT2D eigenvalue weighted by atomic mass is 19.1. The van der Waals surface area contributed by atoms with Crippen molar-refractivity contribution in [1.29, 1.82) is 0 Å². The number of rotatable bonds is 4. The van der Waals surface area contributed by atoms with Crippen LogP contribution in [-0.2, 0) is 0 Å². The highest BCUT2D eigenvalue weighted by Gasteiger charge is 2.18. The van der Waals surface area contributed by atoms with Gasteiger partial charge in [-0.05, 0) is 30.3 Å². The minimum atomic E-state index is -1.51. The smallest absolute Gasteiger partial charge is 0.319 e. The van der Waals surface area contributed by atoms with Gasteiger partial charge in [0.2, 0.25) is 0 Å². The highest BCUT2D eigenvalue weighted by Crippen LogP contribution is 2.21. The van der Waals surface area contributed by atoms with Gasteiger partial charge in [-0.15, -0.1) is 0 Å². The maximum Gasteiger partial charge on any atom is 0.319 e. The molecular formula is C17H15F2N3O3. The van der Waals surface area contributed by atoms with Gasteiger partial charge in [0, 0.05) is 19.2 Å². The lowest BCUT2D eigenvalue weighted by Crippen LogP contribution is -2.32. The van der Waals surface area contributed by atoms with E-state index in [9.17, 15) is 18.7 Å². The van der Waals surface area contributed by atoms with Crippen LogP contribution in [0.2, 0.25) is 0 Å². The number of urea groups is 1. The maximum atomic E-state index is 13.6. The first-order chi connectivity index (χ1) is 11.9. The molecule has 0 aliphatic rings. The second-order valence-electron chi connectivity index (χ2n) is 5.40. The summed E-state index contributed by atoms with van der Waals surface area (Å²) in [6.45, 7) is 1.36. The standard InChI is InChI=1S/C17H15F2N3O3/c1-9-21-13-7-10(5-6-15(13)25-9)22-17(24)20-8-14(23)16-11(18)3-2-4-12(16)19/h2-7,14,23H,8H2,1H3,(H2,20,22,24). The molecule has 3 N–H and O–H groups in total. The Bertz CT molecular complexity index is 906. The molecule has 1 aromatic heterocycles. The van der Waals surface area contributed by atoms with Crippen molar-refractivity contribution in [3.63, 3.8) is 0 Å². The van der Waals surface area contributed by atoms with Crippen LogP contribution in [0.5, 0.6) is 0 Å². The van der Waals surface area contributed by atoms with Crippen LogP contribution < -0.4 is 10.6 Å². The van der Waals surface area contributed by atoms with E-state index in [4.69, 9.17) is 4.42 Å². The number of amides is 2. The van der Waals surface area contributed by atoms with Gasteiger partial charge in [0.25, 0.3) is 0 Å². The average molecular weight is 347 g/mol. The Hall–Kier alpha value is -3.00. The minimum absolute atomic E-state index is 0.352. The van der Waals surface area contributed by atoms with Gasteiger partial charge < -0.3 is 20.2 Å². The molecule has 25 heavy (non-hydrogen) atoms. The molecule has 0 bridgehead atoms. The van der Waals surface area contributed by atoms with Crippen LogP contribution in [0, 0.1) is 18.6 Å². The number of halogens is 2. The average Bonchev–Trinajstić information content (AvgIpc) is 2.92. The summed E-state index contributed by atoms with van der Waals surface area (Å²) in [5.41, 5.74) is 1.16. The first kappa shape index (κ1) is 16.8. The Morgan fingerprint density at radius 2 is 2.00 bits per heavy atom. The molecule has 2 aromatic carbocycles. The summed E-state index contributed by atoms with van der Waals surface area (Å²) in [6.07, 6.45) is -1.51. The van der Waals surface area contributed by atoms with Crippen molar-refractivity contribution in [2.24, 2.45) is 0 Å². The summed E-state index contributed by atoms with van der Waals surface area (Å²) in [4.78, 5) is 16.0. The fourth-order valence-corrected chi connectivity index (χ4v) is 2.42. The number of carbonyl (C=O) groups excluding carboxylic acids is 1. The monoisotopic (exact) mass is 347 g/mol. The van der Waals surface area contributed by atoms with Crippen LogP contribution >= 0.6 is 0 Å². The summed E-state index contributed by atoms with van der Waals surface area (Å²) in [6, 6.07) is 7.55. The highest BCUT2D eigenvalue weighted by molar-refractivity contribution is 5.91. The molecule has 0 saturated heterocycles. The van der Waals surface area contributed by atoms with E-state index < -0.39 is 29.3 Å². The number of anilines is 1. The summed E-state index contributed by atoms with van der Waals surface area (Å²) in [5, 5.41) is 14.8. The molecule has 1 unspecified atom stereocenters. The number of nitrogens with zero attached hydrogens (tertiary/aromatic N) is 1. The fourth-order valence-electron chi connectivity index (χ4n) is 2.42. The van der Waals surface area contributed by atoms with Gasteiger partial charge >= 0.3 is 6.03 Å². The number of benzene rings is 2. The zero-order chi connectivity index (χ0) is 18.0. The van der Waals surface area contributed by atoms with E-state index in [1.54, 1.807) is 25.1 Å². The molecule has 1 atom stereocenters. The number of fused-ring (bicyclic) bond motifs is 1. The third-order valence-corrected chi connectivity index (χ3v) is 3.54. The quantitative estimate of drug-likeness (QED) is 0.676. The van der Waals surface area contributed by atoms with E-state index in [0.717, 1.165) is 12.1 Å². The Morgan fingerprint density at radius 1 is 1.28 bits per heavy atom. The minimum Gasteiger partial charge on any atom is -0.441 e. The lowest BCUT2D eigenvalue weighted by atomic mass is 10.1. The number of oxazole rings is 1. The molecule has 0 spiro atoms. The van der Waals surface area contributed by atoms with Crippen molar-refractivity contribution in [2.45, 2.75) is 13.0 Å². The number of aliphatic hydroxyl groups excluding tert-OH is 1. The van der Waals surface area contributed by atoms with Crippen molar-refractivity contribution in [3.8, 4) is 0 Å². The second-order valence-corrected chi connectivity index (χ2v) is 5.40. The van der Waals surface area contributed by atoms with Gasteiger partial charge in [-0.25, -0.2) is 18.6 Å². The third-order valence-electron chi connectivity index (χ3n) is 3.54. The first-order valence-corrected chi connectivity index (χ1v) is 7.48. The van der Waals surface area contributed by atoms with Gasteiger partial charge in [-0.3, -0.25) is 0 Å². The molecule has 8 heteroatoms. The van der Waals surface area contributed by atoms with Crippen LogP contribution in [-0.4, -0.2) is 22.7 Å². The van der Waals surface area contributed by atoms with Gasteiger partial charge in [0.1, 0.15) is 23.3 Å². The number of aryl methyl sites for hydroxylation is 1. The van der Waals surface area contributed by atoms with Crippen molar-refractivity contribution in [3.05, 3.63) is 59.5 Å². The van der Waals surface area contributed by atoms with Gasteiger partial charge in [-0.2, -0.15) is 0 Å². The molecular weight excluding hydrogens is 332 g/mol. The summed E-state index contributed by atoms with van der Waals surface area (Å²) >= 11 is 0. The van der Waals surface area contributed by atoms with E-state index in [0.29, 0.717) is 22.7 Å². The first-order valence-electron chi connectivity index (χ1n) is 7.48. The fraction of sp³-hybridized carbons (Fsp3) is 0.176. The number of aliphatic hydroxyl groups is 1. The van der Waals surface area contributed by atoms with Crippen molar-refractivity contribution in [2.75, 3.05) is 11.9 Å². The Labute approximate surface area is 141 Å². The predicted molar refractivity (Wildman–Crippen MR) is 87.1 cm³/mol. The summed E-state index contributed by atoms with van der Waals surface area (Å²) in [5.74, 6) is -1.24. The second kappa shape index (κ2) is 6.86. The number of hydrogen-bond donors (Lipinski definition) is 3. The molecule has 0 fully saturated rings. The van der Waals surface area contributed by atoms with E-state index in [1.165, 1.54) is 6.07 Å². The van der Waals surface area contributed by atoms with E-state index in [1.807, 2.05) is 0 Å². The molecule has 130 valence electrons. The Morgan fingerprint density at radius 3 is 2.72 bits per heavy atom. The third kappa shape index (κ3) is 3.74. The van der Waals surface area contributed by atoms with E-state index in [-0.39, 0.29) is 6.54 Å². The SMILES string of the molecule is Cc1nc2cc(NC(=O)NCC(O)c3c(F)cccc3F)ccc2o1. The number of hydrogen-bond acceptors (Lipinski definition) is 4. The van der Waals surface area contributed by atoms with Crippen molar-refractivity contribution >= 4 is 22.8 Å². The van der Waals surface area contributed by atoms with Gasteiger partial charge in [0.15, 0.2) is 11.5 Å². The van der Waals surface area contributed by atoms with Crippen LogP contribution in [0.4, 0.5) is 19.3 Å². The molecule has 2 amide bonds.